The van der Waals surface area contributed by atoms with E-state index in [0.717, 1.165) is 44.5 Å². The first kappa shape index (κ1) is 16.0. The maximum absolute atomic E-state index is 6.27. The Morgan fingerprint density at radius 1 is 1.24 bits per heavy atom. The Kier molecular flexibility index (Phi) is 4.35. The van der Waals surface area contributed by atoms with Crippen LogP contribution < -0.4 is 10.6 Å². The van der Waals surface area contributed by atoms with Crippen molar-refractivity contribution in [2.24, 2.45) is 0 Å². The second kappa shape index (κ2) is 6.79. The summed E-state index contributed by atoms with van der Waals surface area (Å²) in [5.74, 6) is 0.731. The van der Waals surface area contributed by atoms with Crippen LogP contribution in [0.25, 0.3) is 22.2 Å². The van der Waals surface area contributed by atoms with Crippen LogP contribution in [-0.4, -0.2) is 27.2 Å². The van der Waals surface area contributed by atoms with Crippen LogP contribution in [0.15, 0.2) is 42.7 Å². The molecule has 0 fully saturated rings. The Balaban J connectivity index is 1.70. The van der Waals surface area contributed by atoms with Gasteiger partial charge in [-0.25, -0.2) is 4.98 Å². The zero-order valence-corrected chi connectivity index (χ0v) is 14.9. The number of nitrogens with one attached hydrogen (secondary N) is 3. The first-order chi connectivity index (χ1) is 12.2. The second-order valence-corrected chi connectivity index (χ2v) is 6.98. The molecule has 6 nitrogen and oxygen atoms in total. The molecule has 4 aromatic rings. The number of nitrogens with zero attached hydrogens (tertiary/aromatic N) is 3. The molecule has 0 aliphatic heterocycles. The fraction of sp³-hybridized carbons (Fsp3) is 0.118. The van der Waals surface area contributed by atoms with Gasteiger partial charge < -0.3 is 10.6 Å². The highest BCUT2D eigenvalue weighted by Crippen LogP contribution is 2.32. The summed E-state index contributed by atoms with van der Waals surface area (Å²) in [5, 5.41) is 16.2. The number of hydrogen-bond donors (Lipinski definition) is 3. The van der Waals surface area contributed by atoms with Crippen LogP contribution in [0, 0.1) is 0 Å². The van der Waals surface area contributed by atoms with Gasteiger partial charge >= 0.3 is 0 Å². The average Bonchev–Trinajstić information content (AvgIpc) is 3.23. The summed E-state index contributed by atoms with van der Waals surface area (Å²) in [4.78, 5) is 9.93. The number of aromatic amines is 1. The minimum Gasteiger partial charge on any atom is -0.315 e. The first-order valence-corrected chi connectivity index (χ1v) is 8.89. The van der Waals surface area contributed by atoms with E-state index in [1.54, 1.807) is 17.5 Å². The van der Waals surface area contributed by atoms with E-state index in [1.165, 1.54) is 0 Å². The van der Waals surface area contributed by atoms with Crippen molar-refractivity contribution in [1.82, 2.24) is 25.5 Å². The molecule has 0 unspecified atom stereocenters. The average molecular weight is 371 g/mol. The lowest BCUT2D eigenvalue weighted by atomic mass is 10.1. The molecule has 0 spiro atoms. The molecule has 126 valence electrons. The summed E-state index contributed by atoms with van der Waals surface area (Å²) >= 11 is 7.87. The summed E-state index contributed by atoms with van der Waals surface area (Å²) in [5.41, 5.74) is 2.63. The molecule has 3 heterocycles. The molecule has 0 aliphatic carbocycles. The number of hydrogen-bond acceptors (Lipinski definition) is 6. The third-order valence-corrected chi connectivity index (χ3v) is 4.94. The summed E-state index contributed by atoms with van der Waals surface area (Å²) in [6, 6.07) is 9.63. The van der Waals surface area contributed by atoms with E-state index in [2.05, 4.69) is 30.8 Å². The highest BCUT2D eigenvalue weighted by Gasteiger charge is 2.11. The topological polar surface area (TPSA) is 78.5 Å². The monoisotopic (exact) mass is 370 g/mol. The number of pyridine rings is 1. The molecule has 0 bridgehead atoms. The van der Waals surface area contributed by atoms with E-state index in [-0.39, 0.29) is 0 Å². The van der Waals surface area contributed by atoms with Gasteiger partial charge in [-0.2, -0.15) is 5.10 Å². The van der Waals surface area contributed by atoms with Crippen LogP contribution in [0.1, 0.15) is 4.88 Å². The number of H-pyrrole nitrogens is 1. The maximum atomic E-state index is 6.27. The number of anilines is 2. The quantitative estimate of drug-likeness (QED) is 0.490. The molecule has 3 aromatic heterocycles. The van der Waals surface area contributed by atoms with E-state index < -0.39 is 0 Å². The van der Waals surface area contributed by atoms with Crippen molar-refractivity contribution in [3.05, 3.63) is 52.6 Å². The lowest BCUT2D eigenvalue weighted by molar-refractivity contribution is 0.829. The van der Waals surface area contributed by atoms with E-state index >= 15 is 0 Å². The third-order valence-electron chi connectivity index (χ3n) is 3.72. The third kappa shape index (κ3) is 3.21. The van der Waals surface area contributed by atoms with Crippen molar-refractivity contribution in [3.8, 4) is 11.3 Å². The fourth-order valence-corrected chi connectivity index (χ4v) is 3.63. The molecule has 8 heteroatoms. The molecule has 3 N–H and O–H groups in total. The van der Waals surface area contributed by atoms with Crippen molar-refractivity contribution in [1.29, 1.82) is 0 Å². The van der Waals surface area contributed by atoms with Gasteiger partial charge in [0.05, 0.1) is 16.2 Å². The van der Waals surface area contributed by atoms with Gasteiger partial charge in [-0.3, -0.25) is 10.1 Å². The smallest absolute Gasteiger partial charge is 0.188 e. The number of fused-ring (bicyclic) bond motifs is 1. The van der Waals surface area contributed by atoms with Crippen molar-refractivity contribution in [2.75, 3.05) is 12.4 Å². The van der Waals surface area contributed by atoms with Crippen LogP contribution in [0.3, 0.4) is 0 Å². The molecule has 0 saturated carbocycles. The van der Waals surface area contributed by atoms with Crippen molar-refractivity contribution in [3.63, 3.8) is 0 Å². The summed E-state index contributed by atoms with van der Waals surface area (Å²) < 4.78 is 0. The van der Waals surface area contributed by atoms with Crippen molar-refractivity contribution >= 4 is 44.8 Å². The number of thiazole rings is 1. The van der Waals surface area contributed by atoms with Crippen LogP contribution >= 0.6 is 22.9 Å². The molecule has 0 aliphatic rings. The normalized spacial score (nSPS) is 11.1. The number of aromatic nitrogens is 4. The zero-order valence-electron chi connectivity index (χ0n) is 13.4. The van der Waals surface area contributed by atoms with E-state index in [1.807, 2.05) is 43.6 Å². The van der Waals surface area contributed by atoms with Crippen LogP contribution in [0.2, 0.25) is 5.02 Å². The molecular formula is C17H15ClN6S. The van der Waals surface area contributed by atoms with Gasteiger partial charge in [0.2, 0.25) is 0 Å². The van der Waals surface area contributed by atoms with Crippen LogP contribution in [-0.2, 0) is 6.54 Å². The minimum atomic E-state index is 0.622. The highest BCUT2D eigenvalue weighted by atomic mass is 35.5. The summed E-state index contributed by atoms with van der Waals surface area (Å²) in [7, 11) is 1.91. The summed E-state index contributed by atoms with van der Waals surface area (Å²) in [6.45, 7) is 0.795. The summed E-state index contributed by atoms with van der Waals surface area (Å²) in [6.07, 6.45) is 3.59. The fourth-order valence-electron chi connectivity index (χ4n) is 2.58. The molecular weight excluding hydrogens is 356 g/mol. The Morgan fingerprint density at radius 3 is 3.00 bits per heavy atom. The predicted molar refractivity (Wildman–Crippen MR) is 102 cm³/mol. The molecule has 0 saturated heterocycles. The van der Waals surface area contributed by atoms with E-state index in [0.29, 0.717) is 5.02 Å². The van der Waals surface area contributed by atoms with Crippen LogP contribution in [0.5, 0.6) is 0 Å². The minimum absolute atomic E-state index is 0.622. The van der Waals surface area contributed by atoms with Crippen molar-refractivity contribution < 1.29 is 0 Å². The molecule has 4 rings (SSSR count). The zero-order chi connectivity index (χ0) is 17.2. The lowest BCUT2D eigenvalue weighted by Gasteiger charge is -2.04. The number of halogens is 1. The molecule has 25 heavy (non-hydrogen) atoms. The standard InChI is InChI=1S/C17H15ClN6S/c1-19-8-11-9-21-17(25-11)22-16-12-7-10(4-5-14(12)23-24-16)15-13(18)3-2-6-20-15/h2-7,9,19H,8H2,1H3,(H2,21,22,23,24). The van der Waals surface area contributed by atoms with Gasteiger partial charge in [-0.1, -0.05) is 17.7 Å². The number of benzene rings is 1. The Hall–Kier alpha value is -2.48. The lowest BCUT2D eigenvalue weighted by Crippen LogP contribution is -2.02. The molecule has 1 aromatic carbocycles. The molecule has 0 atom stereocenters. The second-order valence-electron chi connectivity index (χ2n) is 5.45. The van der Waals surface area contributed by atoms with Gasteiger partial charge in [0, 0.05) is 34.8 Å². The largest absolute Gasteiger partial charge is 0.315 e. The predicted octanol–water partition coefficient (Wildman–Crippen LogP) is 4.20. The molecule has 0 amide bonds. The van der Waals surface area contributed by atoms with E-state index in [9.17, 15) is 0 Å². The van der Waals surface area contributed by atoms with Gasteiger partial charge in [-0.05, 0) is 31.3 Å². The van der Waals surface area contributed by atoms with Gasteiger partial charge in [0.25, 0.3) is 0 Å². The molecule has 0 radical (unpaired) electrons. The SMILES string of the molecule is CNCc1cnc(Nc2n[nH]c3ccc(-c4ncccc4Cl)cc23)s1. The van der Waals surface area contributed by atoms with E-state index in [4.69, 9.17) is 11.6 Å². The Labute approximate surface area is 153 Å². The Bertz CT molecular complexity index is 1020. The van der Waals surface area contributed by atoms with Crippen molar-refractivity contribution in [2.45, 2.75) is 6.54 Å². The van der Waals surface area contributed by atoms with Gasteiger partial charge in [0.15, 0.2) is 10.9 Å². The van der Waals surface area contributed by atoms with Gasteiger partial charge in [0.1, 0.15) is 0 Å². The number of rotatable bonds is 5. The maximum Gasteiger partial charge on any atom is 0.188 e. The Morgan fingerprint density at radius 2 is 2.16 bits per heavy atom. The first-order valence-electron chi connectivity index (χ1n) is 7.70. The van der Waals surface area contributed by atoms with Crippen LogP contribution in [0.4, 0.5) is 10.9 Å². The highest BCUT2D eigenvalue weighted by molar-refractivity contribution is 7.15. The van der Waals surface area contributed by atoms with Gasteiger partial charge in [-0.15, -0.1) is 11.3 Å².